The lowest BCUT2D eigenvalue weighted by Gasteiger charge is -2.36. The Morgan fingerprint density at radius 1 is 1.24 bits per heavy atom. The molecule has 0 atom stereocenters. The average molecular weight is 241 g/mol. The number of ether oxygens (including phenoxy) is 2. The van der Waals surface area contributed by atoms with Crippen molar-refractivity contribution in [2.24, 2.45) is 5.92 Å². The topological polar surface area (TPSA) is 38.8 Å². The largest absolute Gasteiger partial charge is 0.443 e. The minimum atomic E-state index is -0.213. The number of hydrogen-bond acceptors (Lipinski definition) is 3. The number of amides is 1. The molecule has 4 nitrogen and oxygen atoms in total. The van der Waals surface area contributed by atoms with Crippen LogP contribution in [0.15, 0.2) is 0 Å². The number of nitrogens with zero attached hydrogens (tertiary/aromatic N) is 1. The van der Waals surface area contributed by atoms with Crippen molar-refractivity contribution in [2.45, 2.75) is 45.1 Å². The highest BCUT2D eigenvalue weighted by Crippen LogP contribution is 2.39. The van der Waals surface area contributed by atoms with E-state index in [1.165, 1.54) is 12.8 Å². The lowest BCUT2D eigenvalue weighted by Crippen LogP contribution is -2.46. The third-order valence-corrected chi connectivity index (χ3v) is 4.06. The smallest absolute Gasteiger partial charge is 0.410 e. The Kier molecular flexibility index (Phi) is 3.92. The highest BCUT2D eigenvalue weighted by molar-refractivity contribution is 5.68. The molecular formula is C13H23NO3. The molecular weight excluding hydrogens is 218 g/mol. The maximum Gasteiger partial charge on any atom is 0.410 e. The van der Waals surface area contributed by atoms with E-state index in [1.54, 1.807) is 4.90 Å². The van der Waals surface area contributed by atoms with Crippen LogP contribution in [0.1, 0.15) is 39.5 Å². The molecule has 2 rings (SSSR count). The second-order valence-corrected chi connectivity index (χ2v) is 5.39. The third-order valence-electron chi connectivity index (χ3n) is 4.06. The van der Waals surface area contributed by atoms with Gasteiger partial charge in [-0.25, -0.2) is 4.79 Å². The molecule has 98 valence electrons. The molecule has 1 aliphatic heterocycles. The lowest BCUT2D eigenvalue weighted by molar-refractivity contribution is -0.0491. The van der Waals surface area contributed by atoms with E-state index >= 15 is 0 Å². The summed E-state index contributed by atoms with van der Waals surface area (Å²) < 4.78 is 11.1. The van der Waals surface area contributed by atoms with Crippen molar-refractivity contribution in [2.75, 3.05) is 26.3 Å². The van der Waals surface area contributed by atoms with E-state index < -0.39 is 0 Å². The van der Waals surface area contributed by atoms with E-state index in [-0.39, 0.29) is 11.7 Å². The van der Waals surface area contributed by atoms with Gasteiger partial charge in [-0.15, -0.1) is 0 Å². The van der Waals surface area contributed by atoms with Gasteiger partial charge in [-0.1, -0.05) is 13.8 Å². The molecule has 2 aliphatic rings. The summed E-state index contributed by atoms with van der Waals surface area (Å²) in [5.41, 5.74) is -0.213. The molecule has 1 aliphatic carbocycles. The van der Waals surface area contributed by atoms with Crippen molar-refractivity contribution in [1.29, 1.82) is 0 Å². The monoisotopic (exact) mass is 241 g/mol. The molecule has 2 fully saturated rings. The van der Waals surface area contributed by atoms with E-state index in [0.29, 0.717) is 32.2 Å². The van der Waals surface area contributed by atoms with E-state index in [1.807, 2.05) is 0 Å². The number of morpholine rings is 1. The van der Waals surface area contributed by atoms with Crippen molar-refractivity contribution in [3.8, 4) is 0 Å². The van der Waals surface area contributed by atoms with Crippen LogP contribution < -0.4 is 0 Å². The molecule has 1 heterocycles. The molecule has 1 saturated carbocycles. The molecule has 0 N–H and O–H groups in total. The van der Waals surface area contributed by atoms with Crippen LogP contribution in [0.25, 0.3) is 0 Å². The zero-order chi connectivity index (χ0) is 12.3. The van der Waals surface area contributed by atoms with Crippen LogP contribution in [0.4, 0.5) is 4.79 Å². The zero-order valence-corrected chi connectivity index (χ0v) is 10.9. The van der Waals surface area contributed by atoms with Gasteiger partial charge < -0.3 is 14.4 Å². The SMILES string of the molecule is CC(C)C1(OC(=O)N2CCOCC2)CCCC1. The van der Waals surface area contributed by atoms with Crippen LogP contribution in [-0.2, 0) is 9.47 Å². The van der Waals surface area contributed by atoms with Crippen LogP contribution in [-0.4, -0.2) is 42.9 Å². The van der Waals surface area contributed by atoms with Gasteiger partial charge >= 0.3 is 6.09 Å². The van der Waals surface area contributed by atoms with Crippen molar-refractivity contribution in [3.63, 3.8) is 0 Å². The Morgan fingerprint density at radius 3 is 2.35 bits per heavy atom. The summed E-state index contributed by atoms with van der Waals surface area (Å²) in [7, 11) is 0. The Morgan fingerprint density at radius 2 is 1.82 bits per heavy atom. The first-order valence-corrected chi connectivity index (χ1v) is 6.70. The predicted molar refractivity (Wildman–Crippen MR) is 64.9 cm³/mol. The summed E-state index contributed by atoms with van der Waals surface area (Å²) in [5, 5.41) is 0. The van der Waals surface area contributed by atoms with Gasteiger partial charge in [0.15, 0.2) is 0 Å². The van der Waals surface area contributed by atoms with Gasteiger partial charge in [0.25, 0.3) is 0 Å². The first-order chi connectivity index (χ1) is 8.14. The summed E-state index contributed by atoms with van der Waals surface area (Å²) in [6.45, 7) is 6.88. The molecule has 0 bridgehead atoms. The summed E-state index contributed by atoms with van der Waals surface area (Å²) in [4.78, 5) is 13.9. The van der Waals surface area contributed by atoms with Crippen LogP contribution in [0.5, 0.6) is 0 Å². The summed E-state index contributed by atoms with van der Waals surface area (Å²) in [6, 6.07) is 0. The fraction of sp³-hybridized carbons (Fsp3) is 0.923. The van der Waals surface area contributed by atoms with E-state index in [2.05, 4.69) is 13.8 Å². The fourth-order valence-electron chi connectivity index (χ4n) is 2.76. The predicted octanol–water partition coefficient (Wildman–Crippen LogP) is 2.42. The number of rotatable bonds is 2. The van der Waals surface area contributed by atoms with Crippen LogP contribution in [0.2, 0.25) is 0 Å². The summed E-state index contributed by atoms with van der Waals surface area (Å²) >= 11 is 0. The number of carbonyl (C=O) groups is 1. The average Bonchev–Trinajstić information content (AvgIpc) is 2.80. The van der Waals surface area contributed by atoms with Gasteiger partial charge in [-0.05, 0) is 31.6 Å². The van der Waals surface area contributed by atoms with Crippen LogP contribution >= 0.6 is 0 Å². The Hall–Kier alpha value is -0.770. The molecule has 0 radical (unpaired) electrons. The normalized spacial score (nSPS) is 24.1. The second-order valence-electron chi connectivity index (χ2n) is 5.39. The van der Waals surface area contributed by atoms with E-state index in [9.17, 15) is 4.79 Å². The van der Waals surface area contributed by atoms with E-state index in [0.717, 1.165) is 12.8 Å². The highest BCUT2D eigenvalue weighted by atomic mass is 16.6. The maximum absolute atomic E-state index is 12.1. The molecule has 0 spiro atoms. The standard InChI is InChI=1S/C13H23NO3/c1-11(2)13(5-3-4-6-13)17-12(15)14-7-9-16-10-8-14/h11H,3-10H2,1-2H3. The molecule has 4 heteroatoms. The van der Waals surface area contributed by atoms with Crippen molar-refractivity contribution >= 4 is 6.09 Å². The molecule has 1 saturated heterocycles. The van der Waals surface area contributed by atoms with Gasteiger partial charge in [0.2, 0.25) is 0 Å². The molecule has 0 aromatic carbocycles. The Bertz CT molecular complexity index is 266. The molecule has 0 unspecified atom stereocenters. The van der Waals surface area contributed by atoms with Gasteiger partial charge in [-0.2, -0.15) is 0 Å². The van der Waals surface area contributed by atoms with Gasteiger partial charge in [-0.3, -0.25) is 0 Å². The minimum Gasteiger partial charge on any atom is -0.443 e. The van der Waals surface area contributed by atoms with Crippen molar-refractivity contribution in [3.05, 3.63) is 0 Å². The Labute approximate surface area is 103 Å². The van der Waals surface area contributed by atoms with Crippen molar-refractivity contribution < 1.29 is 14.3 Å². The molecule has 0 aromatic rings. The lowest BCUT2D eigenvalue weighted by atomic mass is 9.88. The molecule has 0 aromatic heterocycles. The number of carbonyl (C=O) groups excluding carboxylic acids is 1. The van der Waals surface area contributed by atoms with Crippen molar-refractivity contribution in [1.82, 2.24) is 4.90 Å². The van der Waals surface area contributed by atoms with E-state index in [4.69, 9.17) is 9.47 Å². The second kappa shape index (κ2) is 5.25. The van der Waals surface area contributed by atoms with Gasteiger partial charge in [0.1, 0.15) is 5.60 Å². The zero-order valence-electron chi connectivity index (χ0n) is 10.9. The summed E-state index contributed by atoms with van der Waals surface area (Å²) in [6.07, 6.45) is 4.23. The fourth-order valence-corrected chi connectivity index (χ4v) is 2.76. The quantitative estimate of drug-likeness (QED) is 0.745. The first-order valence-electron chi connectivity index (χ1n) is 6.70. The molecule has 1 amide bonds. The number of hydrogen-bond donors (Lipinski definition) is 0. The van der Waals surface area contributed by atoms with Gasteiger partial charge in [0, 0.05) is 13.1 Å². The third kappa shape index (κ3) is 2.73. The summed E-state index contributed by atoms with van der Waals surface area (Å²) in [5.74, 6) is 0.398. The minimum absolute atomic E-state index is 0.149. The van der Waals surface area contributed by atoms with Crippen LogP contribution in [0, 0.1) is 5.92 Å². The maximum atomic E-state index is 12.1. The highest BCUT2D eigenvalue weighted by Gasteiger charge is 2.41. The van der Waals surface area contributed by atoms with Gasteiger partial charge in [0.05, 0.1) is 13.2 Å². The Balaban J connectivity index is 1.95. The first kappa shape index (κ1) is 12.7. The molecule has 17 heavy (non-hydrogen) atoms. The van der Waals surface area contributed by atoms with Crippen LogP contribution in [0.3, 0.4) is 0 Å².